The van der Waals surface area contributed by atoms with Gasteiger partial charge in [0.05, 0.1) is 18.3 Å². The first kappa shape index (κ1) is 19.8. The van der Waals surface area contributed by atoms with E-state index in [4.69, 9.17) is 21.3 Å². The maximum Gasteiger partial charge on any atom is 0.320 e. The van der Waals surface area contributed by atoms with E-state index in [9.17, 15) is 15.0 Å². The zero-order valence-electron chi connectivity index (χ0n) is 14.8. The maximum absolute atomic E-state index is 10.8. The van der Waals surface area contributed by atoms with Gasteiger partial charge in [-0.15, -0.1) is 0 Å². The molecule has 1 saturated heterocycles. The van der Waals surface area contributed by atoms with Crippen LogP contribution in [-0.4, -0.2) is 77.9 Å². The molecule has 0 amide bonds. The lowest BCUT2D eigenvalue weighted by atomic mass is 10.1. The highest BCUT2D eigenvalue weighted by Gasteiger charge is 2.46. The monoisotopic (exact) mass is 398 g/mol. The largest absolute Gasteiger partial charge is 0.480 e. The van der Waals surface area contributed by atoms with Gasteiger partial charge in [-0.25, -0.2) is 9.97 Å². The highest BCUT2D eigenvalue weighted by Crippen LogP contribution is 2.32. The minimum Gasteiger partial charge on any atom is -0.480 e. The van der Waals surface area contributed by atoms with Gasteiger partial charge in [0.1, 0.15) is 41.4 Å². The van der Waals surface area contributed by atoms with E-state index in [0.717, 1.165) is 0 Å². The maximum atomic E-state index is 10.8. The second-order valence-electron chi connectivity index (χ2n) is 6.66. The Morgan fingerprint density at radius 2 is 2.15 bits per heavy atom. The molecule has 1 aliphatic heterocycles. The summed E-state index contributed by atoms with van der Waals surface area (Å²) in [5.41, 5.74) is 12.9. The molecular formula is C16H24N5O5S+. The van der Waals surface area contributed by atoms with Crippen LogP contribution in [-0.2, 0) is 20.4 Å². The molecule has 0 spiro atoms. The van der Waals surface area contributed by atoms with Gasteiger partial charge in [0.15, 0.2) is 11.9 Å². The van der Waals surface area contributed by atoms with Crippen molar-refractivity contribution in [2.24, 2.45) is 5.73 Å². The molecule has 27 heavy (non-hydrogen) atoms. The van der Waals surface area contributed by atoms with Gasteiger partial charge in [0.25, 0.3) is 0 Å². The molecule has 0 bridgehead atoms. The average molecular weight is 398 g/mol. The van der Waals surface area contributed by atoms with Gasteiger partial charge < -0.3 is 31.5 Å². The molecule has 11 heteroatoms. The van der Waals surface area contributed by atoms with Crippen LogP contribution in [0.4, 0.5) is 5.69 Å². The lowest BCUT2D eigenvalue weighted by Gasteiger charge is -2.16. The second-order valence-corrected chi connectivity index (χ2v) is 8.96. The van der Waals surface area contributed by atoms with E-state index in [1.54, 1.807) is 16.8 Å². The quantitative estimate of drug-likeness (QED) is 0.355. The van der Waals surface area contributed by atoms with Crippen molar-refractivity contribution in [1.29, 1.82) is 0 Å². The molecule has 3 rings (SSSR count). The first-order valence-corrected chi connectivity index (χ1v) is 10.4. The number of nitrogens with zero attached hydrogens (tertiary/aromatic N) is 3. The average Bonchev–Trinajstić information content (AvgIpc) is 3.17. The number of hydrogen-bond acceptors (Lipinski definition) is 8. The minimum atomic E-state index is -1.14. The van der Waals surface area contributed by atoms with Crippen LogP contribution in [0.2, 0.25) is 0 Å². The van der Waals surface area contributed by atoms with Crippen molar-refractivity contribution in [1.82, 2.24) is 14.5 Å². The molecule has 2 aromatic heterocycles. The van der Waals surface area contributed by atoms with E-state index < -0.39 is 36.6 Å². The third-order valence-electron chi connectivity index (χ3n) is 4.65. The number of nitrogens with two attached hydrogens (primary N) is 2. The number of aliphatic hydroxyl groups is 2. The number of carbonyl (C=O) groups is 1. The Balaban J connectivity index is 1.68. The summed E-state index contributed by atoms with van der Waals surface area (Å²) in [6.45, 7) is 0. The van der Waals surface area contributed by atoms with Crippen molar-refractivity contribution in [3.63, 3.8) is 0 Å². The fourth-order valence-corrected chi connectivity index (χ4v) is 4.71. The summed E-state index contributed by atoms with van der Waals surface area (Å²) in [7, 11) is -0.225. The van der Waals surface area contributed by atoms with Gasteiger partial charge in [0, 0.05) is 12.6 Å². The van der Waals surface area contributed by atoms with Crippen molar-refractivity contribution in [3.05, 3.63) is 18.6 Å². The SMILES string of the molecule is C[S+](CC[C@H](N)C(=O)O)C[C@H]1O[C@@H](n2cnc3c(N)ccnc32)C(O)[C@H]1O. The fraction of sp³-hybridized carbons (Fsp3) is 0.562. The van der Waals surface area contributed by atoms with E-state index in [0.29, 0.717) is 34.8 Å². The molecule has 148 valence electrons. The van der Waals surface area contributed by atoms with Gasteiger partial charge in [-0.3, -0.25) is 9.36 Å². The molecule has 1 fully saturated rings. The Kier molecular flexibility index (Phi) is 5.86. The molecule has 0 aliphatic carbocycles. The van der Waals surface area contributed by atoms with Crippen LogP contribution in [0.5, 0.6) is 0 Å². The Morgan fingerprint density at radius 3 is 2.85 bits per heavy atom. The molecule has 2 aromatic rings. The third kappa shape index (κ3) is 4.01. The molecule has 1 aliphatic rings. The number of ether oxygens (including phenoxy) is 1. The number of rotatable bonds is 7. The van der Waals surface area contributed by atoms with Crippen LogP contribution in [0.25, 0.3) is 11.2 Å². The van der Waals surface area contributed by atoms with Gasteiger partial charge in [-0.2, -0.15) is 0 Å². The van der Waals surface area contributed by atoms with E-state index in [1.807, 2.05) is 6.26 Å². The van der Waals surface area contributed by atoms with Gasteiger partial charge in [-0.1, -0.05) is 0 Å². The number of carboxylic acids is 1. The van der Waals surface area contributed by atoms with Crippen LogP contribution in [0.15, 0.2) is 18.6 Å². The van der Waals surface area contributed by atoms with E-state index in [1.165, 1.54) is 6.33 Å². The number of hydrogen-bond donors (Lipinski definition) is 5. The number of nitrogen functional groups attached to an aromatic ring is 1. The number of imidazole rings is 1. The fourth-order valence-electron chi connectivity index (χ4n) is 3.05. The van der Waals surface area contributed by atoms with Crippen molar-refractivity contribution in [3.8, 4) is 0 Å². The summed E-state index contributed by atoms with van der Waals surface area (Å²) in [5.74, 6) is 0.0642. The highest BCUT2D eigenvalue weighted by molar-refractivity contribution is 7.96. The van der Waals surface area contributed by atoms with Crippen molar-refractivity contribution in [2.45, 2.75) is 37.0 Å². The number of aliphatic carboxylic acids is 1. The van der Waals surface area contributed by atoms with E-state index in [-0.39, 0.29) is 10.9 Å². The summed E-state index contributed by atoms with van der Waals surface area (Å²) in [6, 6.07) is 0.731. The number of carboxylic acid groups (broad SMARTS) is 1. The first-order chi connectivity index (χ1) is 12.8. The zero-order valence-corrected chi connectivity index (χ0v) is 15.6. The Labute approximate surface area is 158 Å². The smallest absolute Gasteiger partial charge is 0.320 e. The summed E-state index contributed by atoms with van der Waals surface area (Å²) in [5, 5.41) is 29.7. The van der Waals surface area contributed by atoms with Gasteiger partial charge in [-0.05, 0) is 17.0 Å². The lowest BCUT2D eigenvalue weighted by molar-refractivity contribution is -0.138. The first-order valence-electron chi connectivity index (χ1n) is 8.45. The topological polar surface area (TPSA) is 170 Å². The van der Waals surface area contributed by atoms with Crippen molar-refractivity contribution < 1.29 is 24.9 Å². The summed E-state index contributed by atoms with van der Waals surface area (Å²) < 4.78 is 7.47. The molecular weight excluding hydrogens is 374 g/mol. The van der Waals surface area contributed by atoms with Crippen LogP contribution >= 0.6 is 0 Å². The number of fused-ring (bicyclic) bond motifs is 1. The van der Waals surface area contributed by atoms with Crippen LogP contribution in [0.1, 0.15) is 12.6 Å². The summed E-state index contributed by atoms with van der Waals surface area (Å²) >= 11 is 0. The number of anilines is 1. The molecule has 0 aromatic carbocycles. The Hall–Kier alpha value is -1.92. The van der Waals surface area contributed by atoms with Crippen LogP contribution < -0.4 is 11.5 Å². The summed E-state index contributed by atoms with van der Waals surface area (Å²) in [6.07, 6.45) is 1.69. The lowest BCUT2D eigenvalue weighted by Crippen LogP contribution is -2.37. The molecule has 6 atom stereocenters. The second kappa shape index (κ2) is 7.98. The molecule has 7 N–H and O–H groups in total. The number of aromatic nitrogens is 3. The third-order valence-corrected chi connectivity index (χ3v) is 6.48. The minimum absolute atomic E-state index is 0.225. The van der Waals surface area contributed by atoms with E-state index in [2.05, 4.69) is 9.97 Å². The standard InChI is InChI=1S/C16H23N5O5S/c1-27(5-3-9(18)16(24)25)6-10-12(22)13(23)15(26-10)21-7-20-11-8(17)2-4-19-14(11)21/h2,4,7,9-10,12-13,15,22-23H,3,5-6,18H2,1H3,(H2-,17,19,24,25)/p+1/t9-,10+,12-,13?,15+,27?/m0/s1. The number of pyridine rings is 1. The normalized spacial score (nSPS) is 27.7. The van der Waals surface area contributed by atoms with E-state index >= 15 is 0 Å². The molecule has 10 nitrogen and oxygen atoms in total. The summed E-state index contributed by atoms with van der Waals surface area (Å²) in [4.78, 5) is 19.3. The Morgan fingerprint density at radius 1 is 1.41 bits per heavy atom. The molecule has 0 radical (unpaired) electrons. The van der Waals surface area contributed by atoms with Crippen molar-refractivity contribution in [2.75, 3.05) is 23.5 Å². The predicted molar refractivity (Wildman–Crippen MR) is 101 cm³/mol. The number of aliphatic hydroxyl groups excluding tert-OH is 2. The van der Waals surface area contributed by atoms with Gasteiger partial charge >= 0.3 is 5.97 Å². The predicted octanol–water partition coefficient (Wildman–Crippen LogP) is -1.32. The zero-order chi connectivity index (χ0) is 19.7. The van der Waals surface area contributed by atoms with Gasteiger partial charge in [0.2, 0.25) is 0 Å². The highest BCUT2D eigenvalue weighted by atomic mass is 32.2. The molecule has 2 unspecified atom stereocenters. The molecule has 0 saturated carbocycles. The van der Waals surface area contributed by atoms with Crippen LogP contribution in [0, 0.1) is 0 Å². The van der Waals surface area contributed by atoms with Crippen molar-refractivity contribution >= 4 is 33.7 Å². The Bertz CT molecular complexity index is 818. The van der Waals surface area contributed by atoms with Crippen LogP contribution in [0.3, 0.4) is 0 Å². The molecule has 3 heterocycles.